The van der Waals surface area contributed by atoms with E-state index < -0.39 is 0 Å². The Balaban J connectivity index is 2.00. The van der Waals surface area contributed by atoms with Crippen molar-refractivity contribution in [3.05, 3.63) is 24.0 Å². The monoisotopic (exact) mass is 219 g/mol. The van der Waals surface area contributed by atoms with Crippen LogP contribution >= 0.6 is 11.8 Å². The molecule has 0 bridgehead atoms. The molecule has 1 aliphatic heterocycles. The average molecular weight is 219 g/mol. The normalized spacial score (nSPS) is 17.0. The summed E-state index contributed by atoms with van der Waals surface area (Å²) in [6.07, 6.45) is 4.09. The van der Waals surface area contributed by atoms with Gasteiger partial charge in [-0.05, 0) is 36.5 Å². The summed E-state index contributed by atoms with van der Waals surface area (Å²) in [5, 5.41) is 12.2. The summed E-state index contributed by atoms with van der Waals surface area (Å²) in [6, 6.07) is 6.33. The van der Waals surface area contributed by atoms with E-state index in [-0.39, 0.29) is 0 Å². The minimum absolute atomic E-state index is 0.477. The minimum atomic E-state index is 0.477. The first kappa shape index (κ1) is 10.3. The van der Waals surface area contributed by atoms with Gasteiger partial charge in [0.15, 0.2) is 0 Å². The van der Waals surface area contributed by atoms with Crippen LogP contribution in [0.2, 0.25) is 0 Å². The molecule has 1 saturated heterocycles. The fourth-order valence-electron chi connectivity index (χ4n) is 1.66. The van der Waals surface area contributed by atoms with Crippen LogP contribution in [0.25, 0.3) is 0 Å². The number of hydrogen-bond acceptors (Lipinski definition) is 4. The van der Waals surface area contributed by atoms with Gasteiger partial charge in [0.25, 0.3) is 0 Å². The van der Waals surface area contributed by atoms with Gasteiger partial charge in [-0.15, -0.1) is 0 Å². The van der Waals surface area contributed by atoms with Crippen LogP contribution in [0.1, 0.15) is 18.5 Å². The number of nitrogens with one attached hydrogen (secondary N) is 1. The van der Waals surface area contributed by atoms with E-state index in [2.05, 4.69) is 10.3 Å². The Morgan fingerprint density at radius 1 is 1.47 bits per heavy atom. The molecule has 2 heterocycles. The van der Waals surface area contributed by atoms with Crippen molar-refractivity contribution in [1.29, 1.82) is 5.26 Å². The second-order valence-electron chi connectivity index (χ2n) is 3.57. The molecule has 0 atom stereocenters. The van der Waals surface area contributed by atoms with Gasteiger partial charge in [-0.3, -0.25) is 0 Å². The number of pyridine rings is 1. The van der Waals surface area contributed by atoms with Crippen molar-refractivity contribution in [2.75, 3.05) is 16.8 Å². The molecule has 1 aromatic rings. The number of hydrogen-bond donors (Lipinski definition) is 1. The van der Waals surface area contributed by atoms with Crippen LogP contribution in [0.15, 0.2) is 18.3 Å². The number of nitrogens with zero attached hydrogens (tertiary/aromatic N) is 2. The van der Waals surface area contributed by atoms with Crippen LogP contribution in [0.3, 0.4) is 0 Å². The van der Waals surface area contributed by atoms with Crippen LogP contribution in [0.4, 0.5) is 5.69 Å². The van der Waals surface area contributed by atoms with E-state index in [0.717, 1.165) is 5.69 Å². The quantitative estimate of drug-likeness (QED) is 0.829. The molecule has 78 valence electrons. The van der Waals surface area contributed by atoms with Crippen LogP contribution in [0.5, 0.6) is 0 Å². The van der Waals surface area contributed by atoms with E-state index in [1.165, 1.54) is 24.3 Å². The van der Waals surface area contributed by atoms with Gasteiger partial charge >= 0.3 is 0 Å². The Morgan fingerprint density at radius 2 is 2.27 bits per heavy atom. The molecule has 0 amide bonds. The van der Waals surface area contributed by atoms with Gasteiger partial charge in [-0.2, -0.15) is 17.0 Å². The maximum Gasteiger partial charge on any atom is 0.142 e. The predicted molar refractivity (Wildman–Crippen MR) is 62.9 cm³/mol. The lowest BCUT2D eigenvalue weighted by Crippen LogP contribution is -2.24. The predicted octanol–water partition coefficient (Wildman–Crippen LogP) is 2.26. The molecule has 0 aliphatic carbocycles. The van der Waals surface area contributed by atoms with E-state index in [1.54, 1.807) is 6.20 Å². The summed E-state index contributed by atoms with van der Waals surface area (Å²) >= 11 is 2.01. The van der Waals surface area contributed by atoms with Gasteiger partial charge in [0, 0.05) is 17.9 Å². The molecule has 3 nitrogen and oxygen atoms in total. The molecule has 4 heteroatoms. The number of thioether (sulfide) groups is 1. The van der Waals surface area contributed by atoms with Crippen molar-refractivity contribution >= 4 is 17.4 Å². The molecule has 15 heavy (non-hydrogen) atoms. The fourth-order valence-corrected chi connectivity index (χ4v) is 2.77. The van der Waals surface area contributed by atoms with Gasteiger partial charge in [0.05, 0.1) is 0 Å². The highest BCUT2D eigenvalue weighted by molar-refractivity contribution is 7.99. The molecule has 1 fully saturated rings. The average Bonchev–Trinajstić information content (AvgIpc) is 2.31. The molecule has 0 aromatic carbocycles. The number of anilines is 1. The third-order valence-electron chi connectivity index (χ3n) is 2.47. The topological polar surface area (TPSA) is 48.7 Å². The minimum Gasteiger partial charge on any atom is -0.382 e. The van der Waals surface area contributed by atoms with Crippen molar-refractivity contribution < 1.29 is 0 Å². The van der Waals surface area contributed by atoms with E-state index in [9.17, 15) is 0 Å². The van der Waals surface area contributed by atoms with Crippen molar-refractivity contribution in [3.8, 4) is 6.07 Å². The zero-order valence-corrected chi connectivity index (χ0v) is 9.26. The van der Waals surface area contributed by atoms with E-state index in [1.807, 2.05) is 30.0 Å². The number of aromatic nitrogens is 1. The SMILES string of the molecule is N#Cc1cc(NC2CCSCC2)ccn1. The van der Waals surface area contributed by atoms with Crippen LogP contribution in [-0.4, -0.2) is 22.5 Å². The lowest BCUT2D eigenvalue weighted by Gasteiger charge is -2.23. The summed E-state index contributed by atoms with van der Waals surface area (Å²) in [5.41, 5.74) is 1.49. The molecule has 0 unspecified atom stereocenters. The first-order chi connectivity index (χ1) is 7.38. The summed E-state index contributed by atoms with van der Waals surface area (Å²) in [6.45, 7) is 0. The first-order valence-electron chi connectivity index (χ1n) is 5.09. The molecule has 2 rings (SSSR count). The lowest BCUT2D eigenvalue weighted by molar-refractivity contribution is 0.667. The summed E-state index contributed by atoms with van der Waals surface area (Å²) in [7, 11) is 0. The molecular weight excluding hydrogens is 206 g/mol. The molecule has 0 radical (unpaired) electrons. The highest BCUT2D eigenvalue weighted by Gasteiger charge is 2.13. The molecule has 0 saturated carbocycles. The van der Waals surface area contributed by atoms with Gasteiger partial charge < -0.3 is 5.32 Å². The van der Waals surface area contributed by atoms with Gasteiger partial charge in [-0.25, -0.2) is 4.98 Å². The zero-order valence-electron chi connectivity index (χ0n) is 8.44. The van der Waals surface area contributed by atoms with E-state index in [4.69, 9.17) is 5.26 Å². The fraction of sp³-hybridized carbons (Fsp3) is 0.455. The van der Waals surface area contributed by atoms with E-state index in [0.29, 0.717) is 11.7 Å². The van der Waals surface area contributed by atoms with Gasteiger partial charge in [-0.1, -0.05) is 0 Å². The summed E-state index contributed by atoms with van der Waals surface area (Å²) < 4.78 is 0. The highest BCUT2D eigenvalue weighted by Crippen LogP contribution is 2.20. The second kappa shape index (κ2) is 5.04. The molecule has 1 aliphatic rings. The molecule has 1 aromatic heterocycles. The standard InChI is InChI=1S/C11H13N3S/c12-8-11-7-10(1-4-13-11)14-9-2-5-15-6-3-9/h1,4,7,9H,2-3,5-6H2,(H,13,14). The maximum atomic E-state index is 8.72. The zero-order chi connectivity index (χ0) is 10.5. The molecule has 0 spiro atoms. The summed E-state index contributed by atoms with van der Waals surface area (Å²) in [4.78, 5) is 3.95. The van der Waals surface area contributed by atoms with Gasteiger partial charge in [0.1, 0.15) is 11.8 Å². The Morgan fingerprint density at radius 3 is 3.00 bits per heavy atom. The summed E-state index contributed by atoms with van der Waals surface area (Å²) in [5.74, 6) is 2.46. The first-order valence-corrected chi connectivity index (χ1v) is 6.24. The van der Waals surface area contributed by atoms with Crippen molar-refractivity contribution in [1.82, 2.24) is 4.98 Å². The van der Waals surface area contributed by atoms with Crippen molar-refractivity contribution in [3.63, 3.8) is 0 Å². The second-order valence-corrected chi connectivity index (χ2v) is 4.80. The third-order valence-corrected chi connectivity index (χ3v) is 3.52. The Hall–Kier alpha value is -1.21. The van der Waals surface area contributed by atoms with Crippen LogP contribution in [-0.2, 0) is 0 Å². The molecule has 1 N–H and O–H groups in total. The van der Waals surface area contributed by atoms with Crippen molar-refractivity contribution in [2.24, 2.45) is 0 Å². The Kier molecular flexibility index (Phi) is 3.46. The molecular formula is C11H13N3S. The Bertz CT molecular complexity index is 366. The number of rotatable bonds is 2. The Labute approximate surface area is 93.9 Å². The third kappa shape index (κ3) is 2.87. The van der Waals surface area contributed by atoms with E-state index >= 15 is 0 Å². The lowest BCUT2D eigenvalue weighted by atomic mass is 10.1. The number of nitriles is 1. The smallest absolute Gasteiger partial charge is 0.142 e. The largest absolute Gasteiger partial charge is 0.382 e. The van der Waals surface area contributed by atoms with Crippen molar-refractivity contribution in [2.45, 2.75) is 18.9 Å². The van der Waals surface area contributed by atoms with Crippen LogP contribution in [0, 0.1) is 11.3 Å². The highest BCUT2D eigenvalue weighted by atomic mass is 32.2. The maximum absolute atomic E-state index is 8.72. The van der Waals surface area contributed by atoms with Gasteiger partial charge in [0.2, 0.25) is 0 Å². The van der Waals surface area contributed by atoms with Crippen LogP contribution < -0.4 is 5.32 Å².